The summed E-state index contributed by atoms with van der Waals surface area (Å²) in [6.45, 7) is 0. The van der Waals surface area contributed by atoms with Crippen molar-refractivity contribution in [2.75, 3.05) is 5.73 Å². The molecule has 2 nitrogen and oxygen atoms in total. The van der Waals surface area contributed by atoms with E-state index >= 15 is 0 Å². The number of nitrogen functional groups attached to an aromatic ring is 1. The normalized spacial score (nSPS) is 11.4. The molecule has 6 heteroatoms. The first-order valence-corrected chi connectivity index (χ1v) is 5.56. The van der Waals surface area contributed by atoms with Gasteiger partial charge in [0, 0.05) is 11.1 Å². The Kier molecular flexibility index (Phi) is 3.48. The highest BCUT2D eigenvalue weighted by molar-refractivity contribution is 6.09. The molecule has 0 saturated heterocycles. The van der Waals surface area contributed by atoms with Gasteiger partial charge in [-0.25, -0.2) is 4.39 Å². The van der Waals surface area contributed by atoms with Crippen molar-refractivity contribution in [2.45, 2.75) is 6.18 Å². The van der Waals surface area contributed by atoms with Gasteiger partial charge in [-0.05, 0) is 30.3 Å². The minimum absolute atomic E-state index is 0.0592. The number of rotatable bonds is 2. The molecule has 2 aromatic rings. The monoisotopic (exact) mass is 283 g/mol. The van der Waals surface area contributed by atoms with Crippen LogP contribution in [0.2, 0.25) is 0 Å². The SMILES string of the molecule is Nc1ccc(C(=O)c2cccc(C(F)(F)F)c2)cc1F. The lowest BCUT2D eigenvalue weighted by molar-refractivity contribution is -0.137. The Morgan fingerprint density at radius 2 is 1.65 bits per heavy atom. The molecular formula is C14H9F4NO. The van der Waals surface area contributed by atoms with E-state index in [1.54, 1.807) is 0 Å². The number of ketones is 1. The molecule has 0 saturated carbocycles. The molecule has 20 heavy (non-hydrogen) atoms. The number of hydrogen-bond donors (Lipinski definition) is 1. The number of alkyl halides is 3. The van der Waals surface area contributed by atoms with Gasteiger partial charge in [0.2, 0.25) is 0 Å². The van der Waals surface area contributed by atoms with Gasteiger partial charge in [0.15, 0.2) is 5.78 Å². The first-order valence-electron chi connectivity index (χ1n) is 5.56. The van der Waals surface area contributed by atoms with Crippen molar-refractivity contribution >= 4 is 11.5 Å². The predicted octanol–water partition coefficient (Wildman–Crippen LogP) is 3.66. The molecule has 0 aromatic heterocycles. The molecule has 0 unspecified atom stereocenters. The Hall–Kier alpha value is -2.37. The van der Waals surface area contributed by atoms with E-state index in [0.717, 1.165) is 24.3 Å². The van der Waals surface area contributed by atoms with Gasteiger partial charge in [0.25, 0.3) is 0 Å². The molecule has 2 N–H and O–H groups in total. The van der Waals surface area contributed by atoms with Crippen LogP contribution in [0.15, 0.2) is 42.5 Å². The smallest absolute Gasteiger partial charge is 0.396 e. The summed E-state index contributed by atoms with van der Waals surface area (Å²) in [7, 11) is 0. The van der Waals surface area contributed by atoms with E-state index in [1.807, 2.05) is 0 Å². The van der Waals surface area contributed by atoms with Crippen LogP contribution in [-0.2, 0) is 6.18 Å². The molecule has 0 spiro atoms. The predicted molar refractivity (Wildman–Crippen MR) is 65.7 cm³/mol. The van der Waals surface area contributed by atoms with Crippen molar-refractivity contribution in [3.63, 3.8) is 0 Å². The fourth-order valence-corrected chi connectivity index (χ4v) is 1.67. The van der Waals surface area contributed by atoms with Crippen molar-refractivity contribution in [1.29, 1.82) is 0 Å². The maximum Gasteiger partial charge on any atom is 0.416 e. The van der Waals surface area contributed by atoms with Gasteiger partial charge < -0.3 is 5.73 Å². The van der Waals surface area contributed by atoms with E-state index in [9.17, 15) is 22.4 Å². The minimum atomic E-state index is -4.54. The van der Waals surface area contributed by atoms with E-state index in [-0.39, 0.29) is 16.8 Å². The number of halogens is 4. The summed E-state index contributed by atoms with van der Waals surface area (Å²) in [5, 5.41) is 0. The topological polar surface area (TPSA) is 43.1 Å². The molecule has 2 rings (SSSR count). The lowest BCUT2D eigenvalue weighted by Crippen LogP contribution is -2.08. The van der Waals surface area contributed by atoms with Crippen molar-refractivity contribution in [2.24, 2.45) is 0 Å². The zero-order valence-corrected chi connectivity index (χ0v) is 10.0. The standard InChI is InChI=1S/C14H9F4NO/c15-11-7-9(4-5-12(11)19)13(20)8-2-1-3-10(6-8)14(16,17)18/h1-7H,19H2. The third-order valence-corrected chi connectivity index (χ3v) is 2.71. The lowest BCUT2D eigenvalue weighted by atomic mass is 10.0. The van der Waals surface area contributed by atoms with E-state index in [1.165, 1.54) is 18.2 Å². The zero-order chi connectivity index (χ0) is 14.9. The van der Waals surface area contributed by atoms with Gasteiger partial charge in [0.1, 0.15) is 5.82 Å². The summed E-state index contributed by atoms with van der Waals surface area (Å²) in [6.07, 6.45) is -4.54. The number of carbonyl (C=O) groups excluding carboxylic acids is 1. The molecule has 0 bridgehead atoms. The fourth-order valence-electron chi connectivity index (χ4n) is 1.67. The van der Waals surface area contributed by atoms with Crippen molar-refractivity contribution in [3.05, 3.63) is 65.0 Å². The van der Waals surface area contributed by atoms with Crippen molar-refractivity contribution in [3.8, 4) is 0 Å². The van der Waals surface area contributed by atoms with Crippen LogP contribution in [0.1, 0.15) is 21.5 Å². The fraction of sp³-hybridized carbons (Fsp3) is 0.0714. The molecule has 0 aliphatic heterocycles. The Bertz CT molecular complexity index is 664. The van der Waals surface area contributed by atoms with Crippen molar-refractivity contribution in [1.82, 2.24) is 0 Å². The van der Waals surface area contributed by atoms with Gasteiger partial charge in [-0.3, -0.25) is 4.79 Å². The van der Waals surface area contributed by atoms with E-state index in [2.05, 4.69) is 0 Å². The lowest BCUT2D eigenvalue weighted by Gasteiger charge is -2.08. The second-order valence-electron chi connectivity index (χ2n) is 4.14. The molecule has 0 radical (unpaired) electrons. The Morgan fingerprint density at radius 3 is 2.25 bits per heavy atom. The Morgan fingerprint density at radius 1 is 1.00 bits per heavy atom. The third-order valence-electron chi connectivity index (χ3n) is 2.71. The zero-order valence-electron chi connectivity index (χ0n) is 10.0. The minimum Gasteiger partial charge on any atom is -0.396 e. The molecule has 104 valence electrons. The molecule has 0 aliphatic carbocycles. The van der Waals surface area contributed by atoms with Gasteiger partial charge in [0.05, 0.1) is 11.3 Å². The highest BCUT2D eigenvalue weighted by atomic mass is 19.4. The molecule has 0 amide bonds. The summed E-state index contributed by atoms with van der Waals surface area (Å²) >= 11 is 0. The summed E-state index contributed by atoms with van der Waals surface area (Å²) in [5.41, 5.74) is 3.99. The van der Waals surface area contributed by atoms with Crippen LogP contribution < -0.4 is 5.73 Å². The third kappa shape index (κ3) is 2.79. The first-order chi connectivity index (χ1) is 9.29. The van der Waals surface area contributed by atoms with Crippen LogP contribution in [-0.4, -0.2) is 5.78 Å². The average Bonchev–Trinajstić information content (AvgIpc) is 2.40. The summed E-state index contributed by atoms with van der Waals surface area (Å²) in [6, 6.07) is 7.32. The van der Waals surface area contributed by atoms with Crippen LogP contribution >= 0.6 is 0 Å². The summed E-state index contributed by atoms with van der Waals surface area (Å²) in [4.78, 5) is 12.0. The van der Waals surface area contributed by atoms with E-state index in [4.69, 9.17) is 5.73 Å². The Balaban J connectivity index is 2.41. The van der Waals surface area contributed by atoms with E-state index < -0.39 is 23.3 Å². The molecule has 2 aromatic carbocycles. The maximum atomic E-state index is 13.3. The first kappa shape index (κ1) is 14.0. The van der Waals surface area contributed by atoms with Gasteiger partial charge >= 0.3 is 6.18 Å². The molecule has 0 atom stereocenters. The van der Waals surface area contributed by atoms with Crippen LogP contribution in [0.3, 0.4) is 0 Å². The molecule has 0 heterocycles. The number of anilines is 1. The van der Waals surface area contributed by atoms with Crippen molar-refractivity contribution < 1.29 is 22.4 Å². The van der Waals surface area contributed by atoms with Crippen LogP contribution in [0, 0.1) is 5.82 Å². The number of hydrogen-bond acceptors (Lipinski definition) is 2. The number of nitrogens with two attached hydrogens (primary N) is 1. The van der Waals surface area contributed by atoms with Gasteiger partial charge in [-0.15, -0.1) is 0 Å². The van der Waals surface area contributed by atoms with Crippen LogP contribution in [0.4, 0.5) is 23.2 Å². The summed E-state index contributed by atoms with van der Waals surface area (Å²) < 4.78 is 51.0. The average molecular weight is 283 g/mol. The van der Waals surface area contributed by atoms with Crippen LogP contribution in [0.25, 0.3) is 0 Å². The Labute approximate surface area is 111 Å². The quantitative estimate of drug-likeness (QED) is 0.519. The second-order valence-corrected chi connectivity index (χ2v) is 4.14. The van der Waals surface area contributed by atoms with E-state index in [0.29, 0.717) is 0 Å². The number of benzene rings is 2. The highest BCUT2D eigenvalue weighted by Gasteiger charge is 2.31. The molecule has 0 fully saturated rings. The largest absolute Gasteiger partial charge is 0.416 e. The maximum absolute atomic E-state index is 13.3. The van der Waals surface area contributed by atoms with Crippen LogP contribution in [0.5, 0.6) is 0 Å². The second kappa shape index (κ2) is 4.96. The van der Waals surface area contributed by atoms with Gasteiger partial charge in [-0.2, -0.15) is 13.2 Å². The summed E-state index contributed by atoms with van der Waals surface area (Å²) in [5.74, 6) is -1.49. The van der Waals surface area contributed by atoms with Gasteiger partial charge in [-0.1, -0.05) is 12.1 Å². The molecule has 0 aliphatic rings. The highest BCUT2D eigenvalue weighted by Crippen LogP contribution is 2.30. The molecular weight excluding hydrogens is 274 g/mol. The number of carbonyl (C=O) groups is 1.